The predicted molar refractivity (Wildman–Crippen MR) is 72.3 cm³/mol. The van der Waals surface area contributed by atoms with Crippen molar-refractivity contribution in [3.8, 4) is 0 Å². The molecule has 7 nitrogen and oxygen atoms in total. The van der Waals surface area contributed by atoms with Gasteiger partial charge in [0.2, 0.25) is 0 Å². The van der Waals surface area contributed by atoms with Crippen LogP contribution in [0.15, 0.2) is 12.5 Å². The zero-order chi connectivity index (χ0) is 14.6. The number of carboxylic acids is 1. The lowest BCUT2D eigenvalue weighted by Gasteiger charge is -2.42. The van der Waals surface area contributed by atoms with E-state index < -0.39 is 18.0 Å². The van der Waals surface area contributed by atoms with Gasteiger partial charge in [0.1, 0.15) is 6.04 Å². The molecule has 2 rings (SSSR count). The first-order valence-electron chi connectivity index (χ1n) is 6.83. The van der Waals surface area contributed by atoms with Crippen molar-refractivity contribution in [2.24, 2.45) is 0 Å². The van der Waals surface area contributed by atoms with Gasteiger partial charge in [-0.1, -0.05) is 6.92 Å². The summed E-state index contributed by atoms with van der Waals surface area (Å²) in [5, 5.41) is 14.6. The summed E-state index contributed by atoms with van der Waals surface area (Å²) in [7, 11) is 0. The smallest absolute Gasteiger partial charge is 0.326 e. The number of rotatable bonds is 6. The number of amides is 2. The number of urea groups is 1. The Morgan fingerprint density at radius 2 is 2.30 bits per heavy atom. The van der Waals surface area contributed by atoms with Gasteiger partial charge in [0.05, 0.1) is 6.33 Å². The second kappa shape index (κ2) is 5.94. The Morgan fingerprint density at radius 1 is 1.55 bits per heavy atom. The first-order valence-corrected chi connectivity index (χ1v) is 6.83. The fourth-order valence-corrected chi connectivity index (χ4v) is 2.42. The summed E-state index contributed by atoms with van der Waals surface area (Å²) in [6, 6.07) is -1.39. The highest BCUT2D eigenvalue weighted by atomic mass is 16.4. The van der Waals surface area contributed by atoms with Crippen molar-refractivity contribution >= 4 is 12.0 Å². The molecule has 1 fully saturated rings. The van der Waals surface area contributed by atoms with Crippen molar-refractivity contribution < 1.29 is 14.7 Å². The van der Waals surface area contributed by atoms with Crippen LogP contribution in [0, 0.1) is 0 Å². The first kappa shape index (κ1) is 14.4. The molecule has 0 radical (unpaired) electrons. The Morgan fingerprint density at radius 3 is 2.75 bits per heavy atom. The predicted octanol–water partition coefficient (Wildman–Crippen LogP) is 1.04. The molecule has 1 atom stereocenters. The van der Waals surface area contributed by atoms with Crippen molar-refractivity contribution in [2.75, 3.05) is 0 Å². The van der Waals surface area contributed by atoms with Crippen molar-refractivity contribution in [2.45, 2.75) is 50.6 Å². The van der Waals surface area contributed by atoms with Crippen LogP contribution in [0.3, 0.4) is 0 Å². The number of hydrogen-bond donors (Lipinski definition) is 4. The Balaban J connectivity index is 1.90. The number of hydrogen-bond acceptors (Lipinski definition) is 3. The van der Waals surface area contributed by atoms with E-state index >= 15 is 0 Å². The maximum Gasteiger partial charge on any atom is 0.326 e. The molecule has 1 aromatic rings. The van der Waals surface area contributed by atoms with Crippen LogP contribution in [0.25, 0.3) is 0 Å². The lowest BCUT2D eigenvalue weighted by Crippen LogP contribution is -2.58. The highest BCUT2D eigenvalue weighted by Gasteiger charge is 2.37. The van der Waals surface area contributed by atoms with Crippen LogP contribution in [0.5, 0.6) is 0 Å². The SMILES string of the molecule is CCC1(NC(=O)NC(Cc2cnc[nH]2)C(=O)O)CCC1. The highest BCUT2D eigenvalue weighted by Crippen LogP contribution is 2.34. The zero-order valence-corrected chi connectivity index (χ0v) is 11.5. The van der Waals surface area contributed by atoms with Crippen LogP contribution in [-0.4, -0.2) is 38.7 Å². The lowest BCUT2D eigenvalue weighted by molar-refractivity contribution is -0.139. The van der Waals surface area contributed by atoms with E-state index in [1.54, 1.807) is 6.20 Å². The van der Waals surface area contributed by atoms with E-state index in [0.717, 1.165) is 25.7 Å². The first-order chi connectivity index (χ1) is 9.54. The average Bonchev–Trinajstić information content (AvgIpc) is 2.86. The van der Waals surface area contributed by atoms with E-state index in [4.69, 9.17) is 0 Å². The minimum absolute atomic E-state index is 0.152. The van der Waals surface area contributed by atoms with Crippen molar-refractivity contribution in [3.63, 3.8) is 0 Å². The molecule has 0 aromatic carbocycles. The van der Waals surface area contributed by atoms with Gasteiger partial charge in [0.15, 0.2) is 0 Å². The van der Waals surface area contributed by atoms with Crippen LogP contribution in [0.2, 0.25) is 0 Å². The summed E-state index contributed by atoms with van der Waals surface area (Å²) < 4.78 is 0. The van der Waals surface area contributed by atoms with E-state index in [2.05, 4.69) is 20.6 Å². The number of carboxylic acid groups (broad SMARTS) is 1. The largest absolute Gasteiger partial charge is 0.480 e. The molecule has 0 spiro atoms. The summed E-state index contributed by atoms with van der Waals surface area (Å²) in [5.74, 6) is -1.06. The monoisotopic (exact) mass is 280 g/mol. The van der Waals surface area contributed by atoms with Crippen LogP contribution >= 0.6 is 0 Å². The topological polar surface area (TPSA) is 107 Å². The van der Waals surface area contributed by atoms with Gasteiger partial charge in [-0.3, -0.25) is 0 Å². The number of H-pyrrole nitrogens is 1. The molecule has 1 saturated carbocycles. The van der Waals surface area contributed by atoms with Gasteiger partial charge >= 0.3 is 12.0 Å². The third kappa shape index (κ3) is 3.28. The van der Waals surface area contributed by atoms with Gasteiger partial charge < -0.3 is 20.7 Å². The lowest BCUT2D eigenvalue weighted by atomic mass is 9.75. The van der Waals surface area contributed by atoms with Crippen molar-refractivity contribution in [3.05, 3.63) is 18.2 Å². The summed E-state index contributed by atoms with van der Waals surface area (Å²) in [6.07, 6.45) is 7.08. The number of nitrogens with one attached hydrogen (secondary N) is 3. The molecule has 7 heteroatoms. The molecule has 0 aliphatic heterocycles. The number of aromatic amines is 1. The third-order valence-corrected chi connectivity index (χ3v) is 3.95. The minimum atomic E-state index is -1.06. The van der Waals surface area contributed by atoms with Crippen LogP contribution in [0.1, 0.15) is 38.3 Å². The van der Waals surface area contributed by atoms with E-state index in [1.807, 2.05) is 6.92 Å². The number of nitrogens with zero attached hydrogens (tertiary/aromatic N) is 1. The van der Waals surface area contributed by atoms with Gasteiger partial charge in [0, 0.05) is 23.9 Å². The molecule has 1 aliphatic carbocycles. The van der Waals surface area contributed by atoms with Crippen LogP contribution in [0.4, 0.5) is 4.79 Å². The van der Waals surface area contributed by atoms with E-state index in [1.165, 1.54) is 6.33 Å². The second-order valence-corrected chi connectivity index (χ2v) is 5.26. The number of aliphatic carboxylic acids is 1. The Bertz CT molecular complexity index is 462. The van der Waals surface area contributed by atoms with Gasteiger partial charge in [-0.25, -0.2) is 14.6 Å². The highest BCUT2D eigenvalue weighted by molar-refractivity contribution is 5.83. The van der Waals surface area contributed by atoms with Gasteiger partial charge in [-0.2, -0.15) is 0 Å². The van der Waals surface area contributed by atoms with E-state index in [0.29, 0.717) is 5.69 Å². The second-order valence-electron chi connectivity index (χ2n) is 5.26. The van der Waals surface area contributed by atoms with Crippen LogP contribution in [-0.2, 0) is 11.2 Å². The number of aromatic nitrogens is 2. The molecule has 1 aliphatic rings. The maximum atomic E-state index is 11.9. The third-order valence-electron chi connectivity index (χ3n) is 3.95. The molecular formula is C13H20N4O3. The molecule has 0 bridgehead atoms. The Labute approximate surface area is 117 Å². The quantitative estimate of drug-likeness (QED) is 0.624. The fourth-order valence-electron chi connectivity index (χ4n) is 2.42. The summed E-state index contributed by atoms with van der Waals surface area (Å²) >= 11 is 0. The number of carbonyl (C=O) groups excluding carboxylic acids is 1. The molecule has 110 valence electrons. The standard InChI is InChI=1S/C13H20N4O3/c1-2-13(4-3-5-13)17-12(20)16-10(11(18)19)6-9-7-14-8-15-9/h7-8,10H,2-6H2,1H3,(H,14,15)(H,18,19)(H2,16,17,20). The van der Waals surface area contributed by atoms with Crippen LogP contribution < -0.4 is 10.6 Å². The van der Waals surface area contributed by atoms with Crippen molar-refractivity contribution in [1.82, 2.24) is 20.6 Å². The molecule has 4 N–H and O–H groups in total. The van der Waals surface area contributed by atoms with Gasteiger partial charge in [0.25, 0.3) is 0 Å². The normalized spacial score (nSPS) is 17.9. The summed E-state index contributed by atoms with van der Waals surface area (Å²) in [5.41, 5.74) is 0.521. The van der Waals surface area contributed by atoms with E-state index in [9.17, 15) is 14.7 Å². The average molecular weight is 280 g/mol. The summed E-state index contributed by atoms with van der Waals surface area (Å²) in [4.78, 5) is 29.8. The number of carbonyl (C=O) groups is 2. The minimum Gasteiger partial charge on any atom is -0.480 e. The van der Waals surface area contributed by atoms with Crippen molar-refractivity contribution in [1.29, 1.82) is 0 Å². The molecule has 1 unspecified atom stereocenters. The van der Waals surface area contributed by atoms with Gasteiger partial charge in [-0.15, -0.1) is 0 Å². The maximum absolute atomic E-state index is 11.9. The molecule has 2 amide bonds. The molecule has 20 heavy (non-hydrogen) atoms. The Kier molecular flexibility index (Phi) is 4.26. The van der Waals surface area contributed by atoms with E-state index in [-0.39, 0.29) is 12.0 Å². The molecule has 0 saturated heterocycles. The summed E-state index contributed by atoms with van der Waals surface area (Å²) in [6.45, 7) is 2.03. The molecule has 1 heterocycles. The fraction of sp³-hybridized carbons (Fsp3) is 0.615. The zero-order valence-electron chi connectivity index (χ0n) is 11.5. The number of imidazole rings is 1. The molecule has 1 aromatic heterocycles. The molecular weight excluding hydrogens is 260 g/mol. The Hall–Kier alpha value is -2.05. The van der Waals surface area contributed by atoms with Gasteiger partial charge in [-0.05, 0) is 25.7 Å².